The van der Waals surface area contributed by atoms with E-state index in [2.05, 4.69) is 10.3 Å². The fourth-order valence-corrected chi connectivity index (χ4v) is 2.76. The number of aromatic amines is 1. The van der Waals surface area contributed by atoms with Crippen molar-refractivity contribution in [3.63, 3.8) is 0 Å². The van der Waals surface area contributed by atoms with Crippen LogP contribution in [-0.2, 0) is 4.79 Å². The molecule has 1 aliphatic rings. The number of aliphatic carboxylic acids is 1. The van der Waals surface area contributed by atoms with Gasteiger partial charge in [-0.3, -0.25) is 19.4 Å². The van der Waals surface area contributed by atoms with Gasteiger partial charge >= 0.3 is 5.97 Å². The maximum Gasteiger partial charge on any atom is 0.306 e. The Hall–Kier alpha value is -2.31. The Balaban J connectivity index is 1.99. The lowest BCUT2D eigenvalue weighted by Gasteiger charge is -2.28. The van der Waals surface area contributed by atoms with Gasteiger partial charge in [-0.1, -0.05) is 12.8 Å². The zero-order valence-corrected chi connectivity index (χ0v) is 11.5. The molecule has 1 aromatic rings. The molecule has 1 aromatic heterocycles. The van der Waals surface area contributed by atoms with Crippen LogP contribution in [-0.4, -0.2) is 33.6 Å². The van der Waals surface area contributed by atoms with Crippen molar-refractivity contribution in [2.24, 2.45) is 11.8 Å². The lowest BCUT2D eigenvalue weighted by Crippen LogP contribution is -2.37. The second-order valence-electron chi connectivity index (χ2n) is 5.32. The highest BCUT2D eigenvalue weighted by Crippen LogP contribution is 2.29. The summed E-state index contributed by atoms with van der Waals surface area (Å²) in [6, 6.07) is 2.25. The minimum atomic E-state index is -0.831. The van der Waals surface area contributed by atoms with Crippen LogP contribution in [0.3, 0.4) is 0 Å². The molecule has 0 radical (unpaired) electrons. The Labute approximate surface area is 121 Å². The summed E-state index contributed by atoms with van der Waals surface area (Å²) in [5.41, 5.74) is -0.514. The quantitative estimate of drug-likeness (QED) is 0.651. The lowest BCUT2D eigenvalue weighted by molar-refractivity contribution is -0.144. The SMILES string of the molecule is O=C(NCC1CCCCC1C(=O)O)c1cc(O)[nH]c(=O)c1. The van der Waals surface area contributed by atoms with E-state index >= 15 is 0 Å². The standard InChI is InChI=1S/C14H18N2O5/c17-11-5-9(6-12(18)16-11)13(19)15-7-8-3-1-2-4-10(8)14(20)21/h5-6,8,10H,1-4,7H2,(H,15,19)(H,20,21)(H2,16,17,18). The molecule has 1 fully saturated rings. The van der Waals surface area contributed by atoms with Gasteiger partial charge in [-0.05, 0) is 18.8 Å². The number of pyridine rings is 1. The summed E-state index contributed by atoms with van der Waals surface area (Å²) in [6.07, 6.45) is 3.24. The van der Waals surface area contributed by atoms with E-state index in [1.807, 2.05) is 0 Å². The Morgan fingerprint density at radius 2 is 2.00 bits per heavy atom. The van der Waals surface area contributed by atoms with Crippen molar-refractivity contribution < 1.29 is 19.8 Å². The normalized spacial score (nSPS) is 21.7. The molecule has 0 spiro atoms. The summed E-state index contributed by atoms with van der Waals surface area (Å²) >= 11 is 0. The van der Waals surface area contributed by atoms with Crippen LogP contribution in [0.1, 0.15) is 36.0 Å². The molecule has 7 nitrogen and oxygen atoms in total. The Morgan fingerprint density at radius 3 is 2.67 bits per heavy atom. The van der Waals surface area contributed by atoms with Crippen LogP contribution >= 0.6 is 0 Å². The van der Waals surface area contributed by atoms with Crippen molar-refractivity contribution in [1.29, 1.82) is 0 Å². The second kappa shape index (κ2) is 6.43. The van der Waals surface area contributed by atoms with E-state index in [9.17, 15) is 24.6 Å². The molecular weight excluding hydrogens is 276 g/mol. The van der Waals surface area contributed by atoms with Gasteiger partial charge < -0.3 is 15.5 Å². The number of nitrogens with one attached hydrogen (secondary N) is 2. The van der Waals surface area contributed by atoms with Crippen molar-refractivity contribution in [1.82, 2.24) is 10.3 Å². The van der Waals surface area contributed by atoms with Crippen molar-refractivity contribution in [3.05, 3.63) is 28.0 Å². The van der Waals surface area contributed by atoms with E-state index in [0.29, 0.717) is 6.42 Å². The van der Waals surface area contributed by atoms with Crippen LogP contribution in [0, 0.1) is 11.8 Å². The molecule has 21 heavy (non-hydrogen) atoms. The van der Waals surface area contributed by atoms with Crippen molar-refractivity contribution >= 4 is 11.9 Å². The van der Waals surface area contributed by atoms with Crippen LogP contribution in [0.4, 0.5) is 0 Å². The number of carboxylic acid groups (broad SMARTS) is 1. The molecule has 1 saturated carbocycles. The third kappa shape index (κ3) is 3.84. The highest BCUT2D eigenvalue weighted by molar-refractivity contribution is 5.94. The Morgan fingerprint density at radius 1 is 1.29 bits per heavy atom. The number of H-pyrrole nitrogens is 1. The molecule has 1 heterocycles. The van der Waals surface area contributed by atoms with Crippen LogP contribution in [0.2, 0.25) is 0 Å². The fourth-order valence-electron chi connectivity index (χ4n) is 2.76. The van der Waals surface area contributed by atoms with Gasteiger partial charge in [-0.25, -0.2) is 0 Å². The van der Waals surface area contributed by atoms with E-state index < -0.39 is 23.4 Å². The third-order valence-corrected chi connectivity index (χ3v) is 3.84. The van der Waals surface area contributed by atoms with Crippen LogP contribution in [0.5, 0.6) is 5.88 Å². The zero-order valence-electron chi connectivity index (χ0n) is 11.5. The molecule has 0 saturated heterocycles. The minimum absolute atomic E-state index is 0.0546. The van der Waals surface area contributed by atoms with Crippen LogP contribution in [0.25, 0.3) is 0 Å². The van der Waals surface area contributed by atoms with Gasteiger partial charge in [0.25, 0.3) is 11.5 Å². The number of hydrogen-bond acceptors (Lipinski definition) is 4. The van der Waals surface area contributed by atoms with Gasteiger partial charge in [0.05, 0.1) is 11.5 Å². The molecule has 4 N–H and O–H groups in total. The minimum Gasteiger partial charge on any atom is -0.494 e. The predicted molar refractivity (Wildman–Crippen MR) is 74.1 cm³/mol. The van der Waals surface area contributed by atoms with E-state index in [1.165, 1.54) is 0 Å². The number of carbonyl (C=O) groups excluding carboxylic acids is 1. The molecule has 7 heteroatoms. The average Bonchev–Trinajstić information content (AvgIpc) is 2.43. The van der Waals surface area contributed by atoms with Gasteiger partial charge in [-0.2, -0.15) is 0 Å². The van der Waals surface area contributed by atoms with Gasteiger partial charge in [0.15, 0.2) is 5.88 Å². The first kappa shape index (κ1) is 15.1. The largest absolute Gasteiger partial charge is 0.494 e. The number of carboxylic acids is 1. The molecule has 2 atom stereocenters. The fraction of sp³-hybridized carbons (Fsp3) is 0.500. The number of carbonyl (C=O) groups is 2. The van der Waals surface area contributed by atoms with Crippen molar-refractivity contribution in [2.75, 3.05) is 6.54 Å². The first-order valence-electron chi connectivity index (χ1n) is 6.91. The summed E-state index contributed by atoms with van der Waals surface area (Å²) in [6.45, 7) is 0.253. The molecule has 0 aromatic carbocycles. The van der Waals surface area contributed by atoms with E-state index in [-0.39, 0.29) is 23.9 Å². The van der Waals surface area contributed by atoms with Crippen molar-refractivity contribution in [2.45, 2.75) is 25.7 Å². The van der Waals surface area contributed by atoms with Gasteiger partial charge in [0.2, 0.25) is 0 Å². The molecule has 2 unspecified atom stereocenters. The molecule has 1 amide bonds. The summed E-state index contributed by atoms with van der Waals surface area (Å²) in [5, 5.41) is 21.1. The number of amides is 1. The number of aromatic hydroxyl groups is 1. The first-order valence-corrected chi connectivity index (χ1v) is 6.91. The highest BCUT2D eigenvalue weighted by Gasteiger charge is 2.30. The van der Waals surface area contributed by atoms with Gasteiger partial charge in [-0.15, -0.1) is 0 Å². The number of rotatable bonds is 4. The van der Waals surface area contributed by atoms with Crippen LogP contribution < -0.4 is 10.9 Å². The van der Waals surface area contributed by atoms with Gasteiger partial charge in [0, 0.05) is 18.7 Å². The monoisotopic (exact) mass is 294 g/mol. The Kier molecular flexibility index (Phi) is 4.62. The Bertz CT molecular complexity index is 595. The number of hydrogen-bond donors (Lipinski definition) is 4. The zero-order chi connectivity index (χ0) is 15.4. The second-order valence-corrected chi connectivity index (χ2v) is 5.32. The molecular formula is C14H18N2O5. The molecule has 0 aliphatic heterocycles. The summed E-state index contributed by atoms with van der Waals surface area (Å²) < 4.78 is 0. The maximum absolute atomic E-state index is 11.9. The predicted octanol–water partition coefficient (Wildman–Crippen LogP) is 0.701. The topological polar surface area (TPSA) is 119 Å². The van der Waals surface area contributed by atoms with Crippen LogP contribution in [0.15, 0.2) is 16.9 Å². The highest BCUT2D eigenvalue weighted by atomic mass is 16.4. The summed E-state index contributed by atoms with van der Waals surface area (Å²) in [5.74, 6) is -2.25. The average molecular weight is 294 g/mol. The van der Waals surface area contributed by atoms with E-state index in [1.54, 1.807) is 0 Å². The van der Waals surface area contributed by atoms with E-state index in [4.69, 9.17) is 0 Å². The smallest absolute Gasteiger partial charge is 0.306 e. The number of aromatic nitrogens is 1. The summed E-state index contributed by atoms with van der Waals surface area (Å²) in [7, 11) is 0. The molecule has 0 bridgehead atoms. The van der Waals surface area contributed by atoms with Gasteiger partial charge in [0.1, 0.15) is 0 Å². The van der Waals surface area contributed by atoms with E-state index in [0.717, 1.165) is 31.4 Å². The molecule has 1 aliphatic carbocycles. The lowest BCUT2D eigenvalue weighted by atomic mass is 9.79. The maximum atomic E-state index is 11.9. The third-order valence-electron chi connectivity index (χ3n) is 3.84. The summed E-state index contributed by atoms with van der Waals surface area (Å²) in [4.78, 5) is 36.4. The first-order chi connectivity index (χ1) is 9.97. The van der Waals surface area contributed by atoms with Crippen molar-refractivity contribution in [3.8, 4) is 5.88 Å². The molecule has 114 valence electrons. The molecule has 2 rings (SSSR count).